The van der Waals surface area contributed by atoms with Gasteiger partial charge in [0.25, 0.3) is 0 Å². The molecule has 0 bridgehead atoms. The topological polar surface area (TPSA) is 77.6 Å². The molecule has 1 aliphatic carbocycles. The van der Waals surface area contributed by atoms with Gasteiger partial charge in [0.2, 0.25) is 11.9 Å². The van der Waals surface area contributed by atoms with Crippen LogP contribution in [-0.2, 0) is 17.8 Å². The lowest BCUT2D eigenvalue weighted by Crippen LogP contribution is -2.31. The first kappa shape index (κ1) is 12.6. The number of aromatic nitrogens is 5. The number of carbonyl (C=O) groups is 1. The van der Waals surface area contributed by atoms with Crippen molar-refractivity contribution < 1.29 is 4.79 Å². The summed E-state index contributed by atoms with van der Waals surface area (Å²) >= 11 is 0. The van der Waals surface area contributed by atoms with E-state index in [1.165, 1.54) is 5.69 Å². The van der Waals surface area contributed by atoms with Gasteiger partial charge in [-0.05, 0) is 32.6 Å². The normalized spacial score (nSPS) is 21.1. The van der Waals surface area contributed by atoms with Crippen LogP contribution >= 0.6 is 0 Å². The summed E-state index contributed by atoms with van der Waals surface area (Å²) in [5.74, 6) is 1.46. The van der Waals surface area contributed by atoms with Gasteiger partial charge in [-0.2, -0.15) is 0 Å². The summed E-state index contributed by atoms with van der Waals surface area (Å²) in [6, 6.07) is 0.460. The van der Waals surface area contributed by atoms with E-state index in [4.69, 9.17) is 0 Å². The van der Waals surface area contributed by atoms with E-state index in [0.717, 1.165) is 31.5 Å². The van der Waals surface area contributed by atoms with Crippen LogP contribution in [0.4, 0.5) is 5.95 Å². The van der Waals surface area contributed by atoms with E-state index in [0.29, 0.717) is 18.5 Å². The van der Waals surface area contributed by atoms with E-state index >= 15 is 0 Å². The van der Waals surface area contributed by atoms with Gasteiger partial charge in [-0.3, -0.25) is 14.7 Å². The molecule has 0 spiro atoms. The number of anilines is 1. The summed E-state index contributed by atoms with van der Waals surface area (Å²) in [5, 5.41) is 11.2. The van der Waals surface area contributed by atoms with Crippen LogP contribution in [-0.4, -0.2) is 30.2 Å². The summed E-state index contributed by atoms with van der Waals surface area (Å²) in [6.45, 7) is 2.62. The molecule has 3 heterocycles. The molecule has 2 aromatic heterocycles. The molecule has 1 N–H and O–H groups in total. The number of rotatable bonds is 3. The maximum absolute atomic E-state index is 12.5. The number of hydrogen-bond donors (Lipinski definition) is 1. The summed E-state index contributed by atoms with van der Waals surface area (Å²) in [5.41, 5.74) is 1.20. The number of nitrogens with one attached hydrogen (secondary N) is 1. The van der Waals surface area contributed by atoms with Crippen LogP contribution < -0.4 is 5.32 Å². The van der Waals surface area contributed by atoms with E-state index < -0.39 is 0 Å². The van der Waals surface area contributed by atoms with Gasteiger partial charge in [-0.25, -0.2) is 4.98 Å². The van der Waals surface area contributed by atoms with Gasteiger partial charge >= 0.3 is 0 Å². The molecule has 0 aromatic carbocycles. The van der Waals surface area contributed by atoms with Gasteiger partial charge < -0.3 is 4.57 Å². The Morgan fingerprint density at radius 3 is 3.00 bits per heavy atom. The zero-order chi connectivity index (χ0) is 14.4. The summed E-state index contributed by atoms with van der Waals surface area (Å²) in [7, 11) is 0. The van der Waals surface area contributed by atoms with Gasteiger partial charge in [-0.15, -0.1) is 10.2 Å². The maximum Gasteiger partial charge on any atom is 0.231 e. The van der Waals surface area contributed by atoms with Crippen molar-refractivity contribution in [3.63, 3.8) is 0 Å². The van der Waals surface area contributed by atoms with Gasteiger partial charge in [0, 0.05) is 24.5 Å². The van der Waals surface area contributed by atoms with Gasteiger partial charge in [0.1, 0.15) is 5.82 Å². The molecule has 0 radical (unpaired) electrons. The quantitative estimate of drug-likeness (QED) is 0.923. The first-order valence-corrected chi connectivity index (χ1v) is 7.44. The van der Waals surface area contributed by atoms with Crippen molar-refractivity contribution in [3.8, 4) is 0 Å². The Labute approximate surface area is 122 Å². The van der Waals surface area contributed by atoms with Crippen molar-refractivity contribution in [2.24, 2.45) is 5.92 Å². The molecule has 4 rings (SSSR count). The smallest absolute Gasteiger partial charge is 0.231 e. The maximum atomic E-state index is 12.5. The molecular formula is C14H18N6O. The highest BCUT2D eigenvalue weighted by atomic mass is 16.2. The fourth-order valence-electron chi connectivity index (χ4n) is 3.02. The minimum Gasteiger partial charge on any atom is -0.334 e. The predicted octanol–water partition coefficient (Wildman–Crippen LogP) is 1.32. The second-order valence-electron chi connectivity index (χ2n) is 5.93. The second kappa shape index (κ2) is 4.68. The highest BCUT2D eigenvalue weighted by Crippen LogP contribution is 2.37. The van der Waals surface area contributed by atoms with Crippen molar-refractivity contribution >= 4 is 11.9 Å². The van der Waals surface area contributed by atoms with Crippen LogP contribution in [0, 0.1) is 12.8 Å². The third-order valence-electron chi connectivity index (χ3n) is 4.35. The van der Waals surface area contributed by atoms with Gasteiger partial charge in [-0.1, -0.05) is 0 Å². The van der Waals surface area contributed by atoms with E-state index in [1.807, 2.05) is 17.7 Å². The number of hydrogen-bond acceptors (Lipinski definition) is 4. The number of aryl methyl sites for hydroxylation is 2. The fourth-order valence-corrected chi connectivity index (χ4v) is 3.02. The largest absolute Gasteiger partial charge is 0.334 e. The zero-order valence-corrected chi connectivity index (χ0v) is 12.0. The molecule has 1 amide bonds. The molecule has 1 saturated carbocycles. The first-order valence-electron chi connectivity index (χ1n) is 7.44. The lowest BCUT2D eigenvalue weighted by molar-refractivity contribution is -0.120. The minimum absolute atomic E-state index is 0.0311. The van der Waals surface area contributed by atoms with Crippen LogP contribution in [0.3, 0.4) is 0 Å². The van der Waals surface area contributed by atoms with Crippen molar-refractivity contribution in [1.82, 2.24) is 24.3 Å². The highest BCUT2D eigenvalue weighted by Gasteiger charge is 2.30. The molecule has 2 aliphatic rings. The third-order valence-corrected chi connectivity index (χ3v) is 4.35. The standard InChI is InChI=1S/C14H18N6O/c1-9-17-18-14(20(9)11-4-5-11)16-13(21)10-2-3-12-6-15-8-19(12)7-10/h6,8,10-11H,2-5,7H2,1H3,(H,16,18,21). The molecule has 110 valence electrons. The van der Waals surface area contributed by atoms with Crippen molar-refractivity contribution in [3.05, 3.63) is 24.0 Å². The van der Waals surface area contributed by atoms with Crippen LogP contribution in [0.2, 0.25) is 0 Å². The van der Waals surface area contributed by atoms with Crippen LogP contribution in [0.15, 0.2) is 12.5 Å². The Balaban J connectivity index is 1.49. The van der Waals surface area contributed by atoms with Gasteiger partial charge in [0.15, 0.2) is 0 Å². The molecule has 21 heavy (non-hydrogen) atoms. The molecule has 1 atom stereocenters. The Morgan fingerprint density at radius 2 is 2.19 bits per heavy atom. The third kappa shape index (κ3) is 2.22. The predicted molar refractivity (Wildman–Crippen MR) is 75.7 cm³/mol. The van der Waals surface area contributed by atoms with E-state index in [2.05, 4.69) is 25.1 Å². The monoisotopic (exact) mass is 286 g/mol. The van der Waals surface area contributed by atoms with Crippen LogP contribution in [0.5, 0.6) is 0 Å². The van der Waals surface area contributed by atoms with E-state index in [9.17, 15) is 4.79 Å². The number of amides is 1. The SMILES string of the molecule is Cc1nnc(NC(=O)C2CCc3cncn3C2)n1C1CC1. The minimum atomic E-state index is -0.0311. The average molecular weight is 286 g/mol. The molecule has 7 nitrogen and oxygen atoms in total. The molecule has 1 fully saturated rings. The van der Waals surface area contributed by atoms with Gasteiger partial charge in [0.05, 0.1) is 12.2 Å². The Kier molecular flexibility index (Phi) is 2.80. The summed E-state index contributed by atoms with van der Waals surface area (Å²) in [4.78, 5) is 16.6. The van der Waals surface area contributed by atoms with Crippen LogP contribution in [0.1, 0.15) is 36.8 Å². The number of imidazole rings is 1. The average Bonchev–Trinajstić information content (AvgIpc) is 3.08. The molecule has 0 saturated heterocycles. The van der Waals surface area contributed by atoms with E-state index in [1.54, 1.807) is 6.33 Å². The number of fused-ring (bicyclic) bond motifs is 1. The summed E-state index contributed by atoms with van der Waals surface area (Å²) < 4.78 is 4.11. The Morgan fingerprint density at radius 1 is 1.33 bits per heavy atom. The molecular weight excluding hydrogens is 268 g/mol. The fraction of sp³-hybridized carbons (Fsp3) is 0.571. The van der Waals surface area contributed by atoms with Crippen molar-refractivity contribution in [2.75, 3.05) is 5.32 Å². The molecule has 7 heteroatoms. The number of carbonyl (C=O) groups excluding carboxylic acids is 1. The van der Waals surface area contributed by atoms with Crippen molar-refractivity contribution in [2.45, 2.75) is 45.2 Å². The van der Waals surface area contributed by atoms with E-state index in [-0.39, 0.29) is 11.8 Å². The molecule has 1 unspecified atom stereocenters. The number of nitrogens with zero attached hydrogens (tertiary/aromatic N) is 5. The molecule has 2 aromatic rings. The zero-order valence-electron chi connectivity index (χ0n) is 12.0. The first-order chi connectivity index (χ1) is 10.2. The van der Waals surface area contributed by atoms with Crippen LogP contribution in [0.25, 0.3) is 0 Å². The van der Waals surface area contributed by atoms with Crippen molar-refractivity contribution in [1.29, 1.82) is 0 Å². The Bertz CT molecular complexity index is 683. The summed E-state index contributed by atoms with van der Waals surface area (Å²) in [6.07, 6.45) is 7.71. The Hall–Kier alpha value is -2.18. The second-order valence-corrected chi connectivity index (χ2v) is 5.93. The lowest BCUT2D eigenvalue weighted by Gasteiger charge is -2.23. The lowest BCUT2D eigenvalue weighted by atomic mass is 9.97. The highest BCUT2D eigenvalue weighted by molar-refractivity contribution is 5.91. The molecule has 1 aliphatic heterocycles.